The molecule has 1 amide bonds. The second-order valence-electron chi connectivity index (χ2n) is 6.34. The molecule has 2 aromatic carbocycles. The lowest BCUT2D eigenvalue weighted by atomic mass is 10.2. The molecule has 1 atom stereocenters. The van der Waals surface area contributed by atoms with E-state index in [-0.39, 0.29) is 11.9 Å². The van der Waals surface area contributed by atoms with Crippen LogP contribution in [0.25, 0.3) is 0 Å². The summed E-state index contributed by atoms with van der Waals surface area (Å²) in [7, 11) is 0. The fraction of sp³-hybridized carbons (Fsp3) is 0.190. The summed E-state index contributed by atoms with van der Waals surface area (Å²) in [4.78, 5) is 12.5. The number of nitrogens with zero attached hydrogens (tertiary/aromatic N) is 3. The summed E-state index contributed by atoms with van der Waals surface area (Å²) in [5, 5.41) is 13.4. The van der Waals surface area contributed by atoms with Crippen molar-refractivity contribution in [1.29, 1.82) is 0 Å². The Hall–Kier alpha value is -2.28. The fourth-order valence-electron chi connectivity index (χ4n) is 2.74. The molecular weight excluding hydrogens is 427 g/mol. The number of nitrogens with one attached hydrogen (secondary N) is 1. The molecule has 1 N–H and O–H groups in total. The summed E-state index contributed by atoms with van der Waals surface area (Å²) in [5.74, 6) is 1.18. The van der Waals surface area contributed by atoms with E-state index in [9.17, 15) is 4.79 Å². The van der Waals surface area contributed by atoms with Gasteiger partial charge >= 0.3 is 0 Å². The Bertz CT molecular complexity index is 1010. The van der Waals surface area contributed by atoms with Gasteiger partial charge in [0.25, 0.3) is 5.91 Å². The molecule has 0 radical (unpaired) electrons. The molecule has 1 heterocycles. The molecule has 1 aromatic heterocycles. The zero-order valence-corrected chi connectivity index (χ0v) is 18.1. The number of thioether (sulfide) groups is 1. The molecule has 0 bridgehead atoms. The van der Waals surface area contributed by atoms with Crippen LogP contribution in [-0.2, 0) is 12.3 Å². The van der Waals surface area contributed by atoms with E-state index in [1.54, 1.807) is 24.3 Å². The molecule has 5 nitrogen and oxygen atoms in total. The maximum atomic E-state index is 12.5. The summed E-state index contributed by atoms with van der Waals surface area (Å²) in [6, 6.07) is 14.3. The topological polar surface area (TPSA) is 59.8 Å². The van der Waals surface area contributed by atoms with Crippen molar-refractivity contribution in [2.75, 3.05) is 0 Å². The molecule has 0 aliphatic carbocycles. The van der Waals surface area contributed by atoms with Gasteiger partial charge in [-0.05, 0) is 36.8 Å². The van der Waals surface area contributed by atoms with Gasteiger partial charge in [-0.15, -0.1) is 16.8 Å². The number of allylic oxidation sites excluding steroid dienone is 1. The van der Waals surface area contributed by atoms with E-state index in [0.29, 0.717) is 33.7 Å². The van der Waals surface area contributed by atoms with Gasteiger partial charge in [0.2, 0.25) is 0 Å². The van der Waals surface area contributed by atoms with Gasteiger partial charge in [-0.25, -0.2) is 0 Å². The van der Waals surface area contributed by atoms with Crippen molar-refractivity contribution in [3.63, 3.8) is 0 Å². The number of amides is 1. The predicted molar refractivity (Wildman–Crippen MR) is 119 cm³/mol. The van der Waals surface area contributed by atoms with Gasteiger partial charge < -0.3 is 9.88 Å². The van der Waals surface area contributed by atoms with Gasteiger partial charge in [0.1, 0.15) is 0 Å². The SMILES string of the molecule is C=CCn1c(SCc2ccc(Cl)c(Cl)c2)nnc1[C@@H](C)NC(=O)c1ccccc1. The van der Waals surface area contributed by atoms with Gasteiger partial charge in [-0.1, -0.05) is 65.3 Å². The Balaban J connectivity index is 1.74. The number of hydrogen-bond acceptors (Lipinski definition) is 4. The third-order valence-corrected chi connectivity index (χ3v) is 5.96. The molecule has 0 fully saturated rings. The lowest BCUT2D eigenvalue weighted by molar-refractivity contribution is 0.0937. The first kappa shape index (κ1) is 21.4. The number of halogens is 2. The highest BCUT2D eigenvalue weighted by molar-refractivity contribution is 7.98. The summed E-state index contributed by atoms with van der Waals surface area (Å²) in [6.07, 6.45) is 1.78. The lowest BCUT2D eigenvalue weighted by Crippen LogP contribution is -2.28. The summed E-state index contributed by atoms with van der Waals surface area (Å²) in [6.45, 7) is 6.25. The van der Waals surface area contributed by atoms with Gasteiger partial charge in [-0.2, -0.15) is 0 Å². The number of carbonyl (C=O) groups excluding carboxylic acids is 1. The zero-order valence-electron chi connectivity index (χ0n) is 15.8. The molecule has 3 rings (SSSR count). The van der Waals surface area contributed by atoms with Crippen molar-refractivity contribution in [2.24, 2.45) is 0 Å². The smallest absolute Gasteiger partial charge is 0.251 e. The van der Waals surface area contributed by atoms with Crippen LogP contribution in [0, 0.1) is 0 Å². The van der Waals surface area contributed by atoms with Crippen molar-refractivity contribution < 1.29 is 4.79 Å². The van der Waals surface area contributed by atoms with Gasteiger partial charge in [-0.3, -0.25) is 4.79 Å². The Morgan fingerprint density at radius 1 is 1.21 bits per heavy atom. The standard InChI is InChI=1S/C21H20Cl2N4OS/c1-3-11-27-19(14(2)24-20(28)16-7-5-4-6-8-16)25-26-21(27)29-13-15-9-10-17(22)18(23)12-15/h3-10,12,14H,1,11,13H2,2H3,(H,24,28)/t14-/m1/s1. The third kappa shape index (κ3) is 5.41. The van der Waals surface area contributed by atoms with Crippen LogP contribution < -0.4 is 5.32 Å². The van der Waals surface area contributed by atoms with Crippen molar-refractivity contribution in [2.45, 2.75) is 30.4 Å². The molecule has 0 spiro atoms. The number of benzene rings is 2. The van der Waals surface area contributed by atoms with Crippen LogP contribution in [0.2, 0.25) is 10.0 Å². The maximum Gasteiger partial charge on any atom is 0.251 e. The number of carbonyl (C=O) groups is 1. The fourth-order valence-corrected chi connectivity index (χ4v) is 3.96. The average Bonchev–Trinajstić information content (AvgIpc) is 3.12. The number of hydrogen-bond donors (Lipinski definition) is 1. The molecule has 0 saturated carbocycles. The molecule has 29 heavy (non-hydrogen) atoms. The van der Waals surface area contributed by atoms with Crippen LogP contribution in [0.1, 0.15) is 34.7 Å². The van der Waals surface area contributed by atoms with Crippen LogP contribution >= 0.6 is 35.0 Å². The zero-order chi connectivity index (χ0) is 20.8. The van der Waals surface area contributed by atoms with E-state index in [1.165, 1.54) is 11.8 Å². The highest BCUT2D eigenvalue weighted by Crippen LogP contribution is 2.28. The quantitative estimate of drug-likeness (QED) is 0.363. The Morgan fingerprint density at radius 3 is 2.66 bits per heavy atom. The summed E-state index contributed by atoms with van der Waals surface area (Å²) < 4.78 is 1.95. The highest BCUT2D eigenvalue weighted by atomic mass is 35.5. The van der Waals surface area contributed by atoms with Crippen molar-refractivity contribution in [3.8, 4) is 0 Å². The van der Waals surface area contributed by atoms with Crippen LogP contribution in [0.5, 0.6) is 0 Å². The minimum Gasteiger partial charge on any atom is -0.342 e. The minimum absolute atomic E-state index is 0.156. The molecule has 0 aliphatic heterocycles. The van der Waals surface area contributed by atoms with Crippen LogP contribution in [0.15, 0.2) is 66.3 Å². The first-order valence-electron chi connectivity index (χ1n) is 8.96. The molecule has 0 aliphatic rings. The second-order valence-corrected chi connectivity index (χ2v) is 8.10. The highest BCUT2D eigenvalue weighted by Gasteiger charge is 2.20. The monoisotopic (exact) mass is 446 g/mol. The molecule has 150 valence electrons. The van der Waals surface area contributed by atoms with E-state index in [0.717, 1.165) is 10.7 Å². The average molecular weight is 447 g/mol. The Kier molecular flexibility index (Phi) is 7.36. The molecular formula is C21H20Cl2N4OS. The lowest BCUT2D eigenvalue weighted by Gasteiger charge is -2.15. The normalized spacial score (nSPS) is 11.8. The minimum atomic E-state index is -0.311. The maximum absolute atomic E-state index is 12.5. The molecule has 8 heteroatoms. The van der Waals surface area contributed by atoms with E-state index in [2.05, 4.69) is 22.1 Å². The summed E-state index contributed by atoms with van der Waals surface area (Å²) >= 11 is 13.6. The number of rotatable bonds is 8. The van der Waals surface area contributed by atoms with E-state index in [4.69, 9.17) is 23.2 Å². The van der Waals surface area contributed by atoms with E-state index >= 15 is 0 Å². The first-order chi connectivity index (χ1) is 14.0. The third-order valence-electron chi connectivity index (χ3n) is 4.18. The number of aromatic nitrogens is 3. The van der Waals surface area contributed by atoms with Crippen molar-refractivity contribution in [3.05, 3.63) is 88.2 Å². The van der Waals surface area contributed by atoms with E-state index < -0.39 is 0 Å². The van der Waals surface area contributed by atoms with Crippen molar-refractivity contribution in [1.82, 2.24) is 20.1 Å². The molecule has 0 unspecified atom stereocenters. The predicted octanol–water partition coefficient (Wildman–Crippen LogP) is 5.55. The van der Waals surface area contributed by atoms with Crippen molar-refractivity contribution >= 4 is 40.9 Å². The van der Waals surface area contributed by atoms with Crippen LogP contribution in [0.4, 0.5) is 0 Å². The Labute approximate surface area is 184 Å². The van der Waals surface area contributed by atoms with E-state index in [1.807, 2.05) is 41.8 Å². The van der Waals surface area contributed by atoms with Gasteiger partial charge in [0.15, 0.2) is 11.0 Å². The largest absolute Gasteiger partial charge is 0.342 e. The Morgan fingerprint density at radius 2 is 1.97 bits per heavy atom. The summed E-state index contributed by atoms with van der Waals surface area (Å²) in [5.41, 5.74) is 1.63. The molecule has 0 saturated heterocycles. The molecule has 3 aromatic rings. The van der Waals surface area contributed by atoms with Crippen LogP contribution in [-0.4, -0.2) is 20.7 Å². The first-order valence-corrected chi connectivity index (χ1v) is 10.7. The van der Waals surface area contributed by atoms with Gasteiger partial charge in [0, 0.05) is 17.9 Å². The van der Waals surface area contributed by atoms with Crippen LogP contribution in [0.3, 0.4) is 0 Å². The van der Waals surface area contributed by atoms with Gasteiger partial charge in [0.05, 0.1) is 16.1 Å². The second kappa shape index (κ2) is 9.96.